The van der Waals surface area contributed by atoms with E-state index in [0.717, 1.165) is 6.33 Å². The number of aryl methyl sites for hydroxylation is 1. The van der Waals surface area contributed by atoms with Gasteiger partial charge >= 0.3 is 11.9 Å². The van der Waals surface area contributed by atoms with E-state index in [4.69, 9.17) is 4.74 Å². The van der Waals surface area contributed by atoms with Gasteiger partial charge in [-0.25, -0.2) is 19.4 Å². The van der Waals surface area contributed by atoms with Crippen molar-refractivity contribution in [1.29, 1.82) is 0 Å². The Kier molecular flexibility index (Phi) is 5.53. The molecule has 1 atom stereocenters. The van der Waals surface area contributed by atoms with Crippen LogP contribution in [0.1, 0.15) is 18.7 Å². The van der Waals surface area contributed by atoms with Gasteiger partial charge in [-0.1, -0.05) is 0 Å². The summed E-state index contributed by atoms with van der Waals surface area (Å²) in [5, 5.41) is 12.7. The lowest BCUT2D eigenvalue weighted by molar-refractivity contribution is -0.154. The molecule has 0 spiro atoms. The number of ether oxygens (including phenoxy) is 2. The lowest BCUT2D eigenvalue weighted by Gasteiger charge is -2.13. The van der Waals surface area contributed by atoms with Gasteiger partial charge in [0, 0.05) is 19.3 Å². The number of hydrogen-bond donors (Lipinski definition) is 2. The molecule has 0 fully saturated rings. The molecule has 0 saturated heterocycles. The molecule has 0 bridgehead atoms. The molecule has 4 aromatic heterocycles. The lowest BCUT2D eigenvalue weighted by Crippen LogP contribution is -2.22. The molecule has 0 saturated carbocycles. The monoisotopic (exact) mass is 464 g/mol. The summed E-state index contributed by atoms with van der Waals surface area (Å²) < 4.78 is 49.1. The molecule has 0 aromatic carbocycles. The molecule has 0 aliphatic carbocycles. The van der Waals surface area contributed by atoms with Crippen LogP contribution in [0.3, 0.4) is 0 Å². The number of nitrogens with zero attached hydrogens (tertiary/aromatic N) is 6. The molecule has 2 N–H and O–H groups in total. The largest absolute Gasteiger partial charge is 0.468 e. The van der Waals surface area contributed by atoms with E-state index in [-0.39, 0.29) is 28.7 Å². The van der Waals surface area contributed by atoms with E-state index in [2.05, 4.69) is 40.0 Å². The highest BCUT2D eigenvalue weighted by Gasteiger charge is 2.29. The first-order valence-electron chi connectivity index (χ1n) is 9.31. The molecule has 33 heavy (non-hydrogen) atoms. The summed E-state index contributed by atoms with van der Waals surface area (Å²) in [6.45, 7) is 0.119. The first-order chi connectivity index (χ1) is 15.6. The fourth-order valence-electron chi connectivity index (χ4n) is 2.88. The predicted octanol–water partition coefficient (Wildman–Crippen LogP) is 1.28. The van der Waals surface area contributed by atoms with Crippen LogP contribution in [0.15, 0.2) is 34.2 Å². The smallest absolute Gasteiger partial charge is 0.422 e. The van der Waals surface area contributed by atoms with Gasteiger partial charge in [0.25, 0.3) is 5.56 Å². The van der Waals surface area contributed by atoms with Gasteiger partial charge in [0.2, 0.25) is 11.8 Å². The molecule has 0 aliphatic heterocycles. The van der Waals surface area contributed by atoms with E-state index in [9.17, 15) is 22.8 Å². The number of halogens is 3. The van der Waals surface area contributed by atoms with Crippen molar-refractivity contribution in [2.24, 2.45) is 7.05 Å². The maximum atomic E-state index is 12.4. The second-order valence-corrected chi connectivity index (χ2v) is 6.83. The summed E-state index contributed by atoms with van der Waals surface area (Å²) >= 11 is 0. The molecule has 12 nitrogen and oxygen atoms in total. The van der Waals surface area contributed by atoms with E-state index in [1.165, 1.54) is 23.0 Å². The summed E-state index contributed by atoms with van der Waals surface area (Å²) in [6.07, 6.45) is -3.00. The van der Waals surface area contributed by atoms with Gasteiger partial charge < -0.3 is 14.5 Å². The third kappa shape index (κ3) is 4.81. The number of H-pyrrole nitrogens is 2. The number of aromatic amines is 2. The maximum absolute atomic E-state index is 12.4. The molecule has 0 aliphatic rings. The minimum atomic E-state index is -4.51. The zero-order valence-electron chi connectivity index (χ0n) is 17.0. The highest BCUT2D eigenvalue weighted by Crippen LogP contribution is 2.29. The zero-order chi connectivity index (χ0) is 23.8. The van der Waals surface area contributed by atoms with Crippen LogP contribution in [-0.2, 0) is 7.05 Å². The van der Waals surface area contributed by atoms with E-state index in [1.807, 2.05) is 0 Å². The molecule has 4 aromatic rings. The van der Waals surface area contributed by atoms with Gasteiger partial charge in [0.15, 0.2) is 12.3 Å². The van der Waals surface area contributed by atoms with Crippen molar-refractivity contribution in [3.05, 3.63) is 51.2 Å². The molecule has 15 heteroatoms. The topological polar surface area (TPSA) is 154 Å². The van der Waals surface area contributed by atoms with Crippen LogP contribution in [-0.4, -0.2) is 52.7 Å². The number of aromatic nitrogens is 8. The standard InChI is InChI=1S/C18H15F3N8O4/c1-8(11-4-13(24-7-23-11)32-6-18(19,20)21)33-16-9-3-12(26-27-14(9)29(2)28-16)10-5-22-17(31)25-15(10)30/h3-5,7-8H,6H2,1-2H3,(H2,22,25,30,31)/t8-/m1/s1. The minimum absolute atomic E-state index is 0.0779. The van der Waals surface area contributed by atoms with Crippen LogP contribution in [0.4, 0.5) is 13.2 Å². The van der Waals surface area contributed by atoms with Crippen LogP contribution in [0, 0.1) is 0 Å². The average molecular weight is 464 g/mol. The first-order valence-corrected chi connectivity index (χ1v) is 9.31. The average Bonchev–Trinajstić information content (AvgIpc) is 3.06. The molecule has 0 radical (unpaired) electrons. The summed E-state index contributed by atoms with van der Waals surface area (Å²) in [6, 6.07) is 2.74. The van der Waals surface area contributed by atoms with Gasteiger partial charge in [-0.2, -0.15) is 13.2 Å². The Hall–Kier alpha value is -4.30. The molecular formula is C18H15F3N8O4. The van der Waals surface area contributed by atoms with Crippen molar-refractivity contribution in [3.8, 4) is 23.0 Å². The van der Waals surface area contributed by atoms with Crippen molar-refractivity contribution < 1.29 is 22.6 Å². The fourth-order valence-corrected chi connectivity index (χ4v) is 2.88. The Labute approximate surface area is 181 Å². The minimum Gasteiger partial charge on any atom is -0.468 e. The number of alkyl halides is 3. The van der Waals surface area contributed by atoms with Crippen LogP contribution in [0.25, 0.3) is 22.3 Å². The third-order valence-electron chi connectivity index (χ3n) is 4.40. The van der Waals surface area contributed by atoms with Gasteiger partial charge in [0.1, 0.15) is 18.1 Å². The maximum Gasteiger partial charge on any atom is 0.422 e. The number of rotatable bonds is 6. The van der Waals surface area contributed by atoms with E-state index >= 15 is 0 Å². The van der Waals surface area contributed by atoms with Crippen molar-refractivity contribution in [3.63, 3.8) is 0 Å². The summed E-state index contributed by atoms with van der Waals surface area (Å²) in [7, 11) is 1.61. The second-order valence-electron chi connectivity index (χ2n) is 6.83. The van der Waals surface area contributed by atoms with Crippen molar-refractivity contribution in [2.75, 3.05) is 6.61 Å². The lowest BCUT2D eigenvalue weighted by atomic mass is 10.2. The highest BCUT2D eigenvalue weighted by molar-refractivity contribution is 5.84. The van der Waals surface area contributed by atoms with Gasteiger partial charge in [0.05, 0.1) is 16.6 Å². The first kappa shape index (κ1) is 21.9. The Morgan fingerprint density at radius 1 is 1.18 bits per heavy atom. The summed E-state index contributed by atoms with van der Waals surface area (Å²) in [5.41, 5.74) is -0.483. The van der Waals surface area contributed by atoms with E-state index < -0.39 is 30.1 Å². The molecule has 0 amide bonds. The van der Waals surface area contributed by atoms with Crippen LogP contribution < -0.4 is 20.7 Å². The number of fused-ring (bicyclic) bond motifs is 1. The van der Waals surface area contributed by atoms with E-state index in [0.29, 0.717) is 11.0 Å². The molecule has 4 rings (SSSR count). The molecular weight excluding hydrogens is 449 g/mol. The molecule has 172 valence electrons. The summed E-state index contributed by atoms with van der Waals surface area (Å²) in [4.78, 5) is 35.5. The van der Waals surface area contributed by atoms with Crippen LogP contribution in [0.5, 0.6) is 11.8 Å². The fraction of sp³-hybridized carbons (Fsp3) is 0.278. The van der Waals surface area contributed by atoms with E-state index in [1.54, 1.807) is 14.0 Å². The molecule has 0 unspecified atom stereocenters. The second kappa shape index (κ2) is 8.33. The quantitative estimate of drug-likeness (QED) is 0.429. The van der Waals surface area contributed by atoms with Gasteiger partial charge in [-0.3, -0.25) is 9.78 Å². The van der Waals surface area contributed by atoms with Crippen LogP contribution >= 0.6 is 0 Å². The zero-order valence-corrected chi connectivity index (χ0v) is 17.0. The molecule has 4 heterocycles. The van der Waals surface area contributed by atoms with Crippen molar-refractivity contribution >= 4 is 11.0 Å². The number of nitrogens with one attached hydrogen (secondary N) is 2. The number of hydrogen-bond acceptors (Lipinski definition) is 9. The Morgan fingerprint density at radius 3 is 2.70 bits per heavy atom. The van der Waals surface area contributed by atoms with Crippen LogP contribution in [0.2, 0.25) is 0 Å². The summed E-state index contributed by atoms with van der Waals surface area (Å²) in [5.74, 6) is -0.141. The predicted molar refractivity (Wildman–Crippen MR) is 106 cm³/mol. The third-order valence-corrected chi connectivity index (χ3v) is 4.40. The Morgan fingerprint density at radius 2 is 1.97 bits per heavy atom. The normalized spacial score (nSPS) is 12.6. The SMILES string of the molecule is C[C@@H](Oc1nn(C)c2nnc(-c3c[nH]c(=O)[nH]c3=O)cc12)c1cc(OCC(F)(F)F)ncn1. The highest BCUT2D eigenvalue weighted by atomic mass is 19.4. The van der Waals surface area contributed by atoms with Gasteiger partial charge in [-0.15, -0.1) is 15.3 Å². The van der Waals surface area contributed by atoms with Crippen molar-refractivity contribution in [2.45, 2.75) is 19.2 Å². The van der Waals surface area contributed by atoms with Gasteiger partial charge in [-0.05, 0) is 13.0 Å². The van der Waals surface area contributed by atoms with Crippen molar-refractivity contribution in [1.82, 2.24) is 39.9 Å². The Balaban J connectivity index is 1.63. The Bertz CT molecular complexity index is 1430.